The molecular formula is C8H9NRu+. The van der Waals surface area contributed by atoms with E-state index >= 15 is 0 Å². The third kappa shape index (κ3) is 2.49. The molecule has 0 saturated heterocycles. The van der Waals surface area contributed by atoms with Crippen molar-refractivity contribution in [3.8, 4) is 0 Å². The van der Waals surface area contributed by atoms with Gasteiger partial charge in [-0.05, 0) is 0 Å². The van der Waals surface area contributed by atoms with Gasteiger partial charge in [-0.15, -0.1) is 0 Å². The Kier molecular flexibility index (Phi) is 3.45. The molecule has 0 spiro atoms. The van der Waals surface area contributed by atoms with Crippen molar-refractivity contribution in [3.63, 3.8) is 0 Å². The van der Waals surface area contributed by atoms with E-state index in [-0.39, 0.29) is 0 Å². The van der Waals surface area contributed by atoms with Crippen LogP contribution in [0.25, 0.3) is 0 Å². The van der Waals surface area contributed by atoms with Crippen molar-refractivity contribution in [2.75, 3.05) is 0 Å². The van der Waals surface area contributed by atoms with E-state index in [1.54, 1.807) is 0 Å². The van der Waals surface area contributed by atoms with Crippen LogP contribution in [0.1, 0.15) is 12.1 Å². The predicted molar refractivity (Wildman–Crippen MR) is 38.6 cm³/mol. The number of pyridine rings is 1. The fourth-order valence-corrected chi connectivity index (χ4v) is 0.996. The van der Waals surface area contributed by atoms with Gasteiger partial charge in [0.2, 0.25) is 0 Å². The first kappa shape index (κ1) is 7.75. The van der Waals surface area contributed by atoms with Gasteiger partial charge in [0, 0.05) is 0 Å². The monoisotopic (exact) mass is 221 g/mol. The summed E-state index contributed by atoms with van der Waals surface area (Å²) in [5.41, 5.74) is 1.17. The van der Waals surface area contributed by atoms with Crippen molar-refractivity contribution < 1.29 is 17.9 Å². The molecule has 0 aliphatic carbocycles. The van der Waals surface area contributed by atoms with Crippen molar-refractivity contribution in [2.24, 2.45) is 0 Å². The molecule has 0 radical (unpaired) electrons. The van der Waals surface area contributed by atoms with Gasteiger partial charge in [0.05, 0.1) is 0 Å². The molecule has 1 heterocycles. The third-order valence-corrected chi connectivity index (χ3v) is 1.73. The van der Waals surface area contributed by atoms with Crippen LogP contribution in [-0.2, 0) is 24.3 Å². The summed E-state index contributed by atoms with van der Waals surface area (Å²) in [6.07, 6.45) is 3.97. The van der Waals surface area contributed by atoms with Crippen LogP contribution in [0.4, 0.5) is 0 Å². The standard InChI is InChI=1S/C8H9N.Ru/c1-2-5-8-6-3-4-7-9-8;/h1,3-4,6-7H,2,5H2;/q;+1. The van der Waals surface area contributed by atoms with Gasteiger partial charge in [-0.2, -0.15) is 0 Å². The average Bonchev–Trinajstić information content (AvgIpc) is 2.03. The molecule has 1 aromatic heterocycles. The zero-order valence-corrected chi connectivity index (χ0v) is 7.34. The number of aryl methyl sites for hydroxylation is 1. The molecule has 0 bridgehead atoms. The Balaban J connectivity index is 2.50. The Labute approximate surface area is 70.7 Å². The summed E-state index contributed by atoms with van der Waals surface area (Å²) < 4.78 is 2.09. The van der Waals surface area contributed by atoms with E-state index in [0.29, 0.717) is 0 Å². The average molecular weight is 220 g/mol. The Hall–Kier alpha value is -0.357. The molecule has 1 aromatic rings. The summed E-state index contributed by atoms with van der Waals surface area (Å²) >= 11 is 2.51. The first-order chi connectivity index (χ1) is 4.93. The maximum absolute atomic E-state index is 4.19. The minimum absolute atomic E-state index is 1.05. The molecule has 0 saturated carbocycles. The van der Waals surface area contributed by atoms with Crippen LogP contribution in [0.2, 0.25) is 0 Å². The summed E-state index contributed by atoms with van der Waals surface area (Å²) in [6.45, 7) is 0. The molecule has 0 unspecified atom stereocenters. The van der Waals surface area contributed by atoms with Gasteiger partial charge in [0.15, 0.2) is 0 Å². The molecule has 2 heteroatoms. The Morgan fingerprint density at radius 1 is 1.50 bits per heavy atom. The second-order valence-corrected chi connectivity index (χ2v) is 2.71. The number of nitrogens with zero attached hydrogens (tertiary/aromatic N) is 1. The number of hydrogen-bond donors (Lipinski definition) is 0. The zero-order chi connectivity index (χ0) is 7.23. The van der Waals surface area contributed by atoms with Crippen LogP contribution in [0.5, 0.6) is 0 Å². The van der Waals surface area contributed by atoms with Crippen molar-refractivity contribution in [2.45, 2.75) is 12.8 Å². The quantitative estimate of drug-likeness (QED) is 0.701. The minimum atomic E-state index is 1.05. The second-order valence-electron chi connectivity index (χ2n) is 2.00. The van der Waals surface area contributed by atoms with Crippen LogP contribution in [0.15, 0.2) is 24.4 Å². The van der Waals surface area contributed by atoms with Crippen molar-refractivity contribution in [1.82, 2.24) is 4.98 Å². The molecular weight excluding hydrogens is 211 g/mol. The molecule has 0 aliphatic heterocycles. The normalized spacial score (nSPS) is 9.20. The van der Waals surface area contributed by atoms with E-state index in [1.165, 1.54) is 5.69 Å². The summed E-state index contributed by atoms with van der Waals surface area (Å²) in [5, 5.41) is 0. The Morgan fingerprint density at radius 2 is 2.40 bits per heavy atom. The molecule has 0 aromatic carbocycles. The zero-order valence-electron chi connectivity index (χ0n) is 5.60. The van der Waals surface area contributed by atoms with E-state index in [1.807, 2.05) is 18.3 Å². The van der Waals surface area contributed by atoms with Gasteiger partial charge in [0.25, 0.3) is 0 Å². The molecule has 0 N–H and O–H groups in total. The van der Waals surface area contributed by atoms with Crippen LogP contribution < -0.4 is 0 Å². The number of rotatable bonds is 3. The second kappa shape index (κ2) is 4.46. The topological polar surface area (TPSA) is 12.9 Å². The van der Waals surface area contributed by atoms with Crippen LogP contribution in [-0.4, -0.2) is 9.59 Å². The Bertz CT molecular complexity index is 196. The Morgan fingerprint density at radius 3 is 3.00 bits per heavy atom. The predicted octanol–water partition coefficient (Wildman–Crippen LogP) is 1.36. The van der Waals surface area contributed by atoms with E-state index in [9.17, 15) is 0 Å². The van der Waals surface area contributed by atoms with Gasteiger partial charge in [-0.25, -0.2) is 0 Å². The van der Waals surface area contributed by atoms with E-state index in [0.717, 1.165) is 12.8 Å². The number of hydrogen-bond acceptors (Lipinski definition) is 1. The molecule has 0 atom stereocenters. The van der Waals surface area contributed by atoms with Crippen LogP contribution in [0.3, 0.4) is 0 Å². The van der Waals surface area contributed by atoms with E-state index in [4.69, 9.17) is 0 Å². The molecule has 0 aliphatic rings. The maximum atomic E-state index is 4.19. The first-order valence-electron chi connectivity index (χ1n) is 3.24. The van der Waals surface area contributed by atoms with Gasteiger partial charge in [-0.3, -0.25) is 0 Å². The van der Waals surface area contributed by atoms with E-state index in [2.05, 4.69) is 33.5 Å². The summed E-state index contributed by atoms with van der Waals surface area (Å²) in [6, 6.07) is 6.01. The number of aromatic nitrogens is 1. The summed E-state index contributed by atoms with van der Waals surface area (Å²) in [7, 11) is 0. The SMILES string of the molecule is [Ru+]=[CH]CCc1ccccn1. The van der Waals surface area contributed by atoms with Crippen molar-refractivity contribution in [3.05, 3.63) is 30.1 Å². The molecule has 10 heavy (non-hydrogen) atoms. The van der Waals surface area contributed by atoms with Crippen molar-refractivity contribution >= 4 is 4.61 Å². The van der Waals surface area contributed by atoms with Gasteiger partial charge in [-0.1, -0.05) is 0 Å². The first-order valence-corrected chi connectivity index (χ1v) is 4.24. The fourth-order valence-electron chi connectivity index (χ4n) is 0.745. The van der Waals surface area contributed by atoms with Gasteiger partial charge in [0.1, 0.15) is 0 Å². The summed E-state index contributed by atoms with van der Waals surface area (Å²) in [5.74, 6) is 0. The molecule has 0 fully saturated rings. The van der Waals surface area contributed by atoms with Crippen molar-refractivity contribution in [1.29, 1.82) is 0 Å². The molecule has 0 amide bonds. The fraction of sp³-hybridized carbons (Fsp3) is 0.250. The summed E-state index contributed by atoms with van der Waals surface area (Å²) in [4.78, 5) is 4.19. The molecule has 1 nitrogen and oxygen atoms in total. The molecule has 53 valence electrons. The van der Waals surface area contributed by atoms with Gasteiger partial charge >= 0.3 is 70.4 Å². The third-order valence-electron chi connectivity index (χ3n) is 1.23. The van der Waals surface area contributed by atoms with E-state index < -0.39 is 0 Å². The molecule has 1 rings (SSSR count). The van der Waals surface area contributed by atoms with Gasteiger partial charge < -0.3 is 0 Å². The van der Waals surface area contributed by atoms with Crippen LogP contribution >= 0.6 is 0 Å². The van der Waals surface area contributed by atoms with Crippen LogP contribution in [0, 0.1) is 0 Å².